The SMILES string of the molecule is Nc1c(Cl)ncnc1NC1CC2CCC1C2. The van der Waals surface area contributed by atoms with Crippen LogP contribution in [-0.4, -0.2) is 16.0 Å². The van der Waals surface area contributed by atoms with E-state index >= 15 is 0 Å². The predicted molar refractivity (Wildman–Crippen MR) is 64.3 cm³/mol. The Hall–Kier alpha value is -1.03. The predicted octanol–water partition coefficient (Wildman–Crippen LogP) is 2.31. The van der Waals surface area contributed by atoms with Crippen LogP contribution in [0.5, 0.6) is 0 Å². The van der Waals surface area contributed by atoms with Crippen molar-refractivity contribution in [3.8, 4) is 0 Å². The minimum atomic E-state index is 0.334. The van der Waals surface area contributed by atoms with Crippen LogP contribution in [0.15, 0.2) is 6.33 Å². The maximum absolute atomic E-state index is 5.86. The molecule has 3 rings (SSSR count). The Morgan fingerprint density at radius 2 is 2.19 bits per heavy atom. The lowest BCUT2D eigenvalue weighted by Crippen LogP contribution is -2.26. The molecule has 2 aliphatic carbocycles. The number of rotatable bonds is 2. The fraction of sp³-hybridized carbons (Fsp3) is 0.636. The summed E-state index contributed by atoms with van der Waals surface area (Å²) in [6, 6.07) is 0.520. The number of hydrogen-bond donors (Lipinski definition) is 2. The van der Waals surface area contributed by atoms with Crippen LogP contribution in [0.2, 0.25) is 5.15 Å². The third-order valence-electron chi connectivity index (χ3n) is 3.90. The number of fused-ring (bicyclic) bond motifs is 2. The maximum Gasteiger partial charge on any atom is 0.157 e. The van der Waals surface area contributed by atoms with Crippen molar-refractivity contribution in [3.05, 3.63) is 11.5 Å². The smallest absolute Gasteiger partial charge is 0.157 e. The van der Waals surface area contributed by atoms with E-state index < -0.39 is 0 Å². The van der Waals surface area contributed by atoms with E-state index in [0.717, 1.165) is 11.8 Å². The molecule has 0 saturated heterocycles. The first-order valence-electron chi connectivity index (χ1n) is 5.76. The first-order valence-corrected chi connectivity index (χ1v) is 6.14. The molecule has 2 saturated carbocycles. The number of hydrogen-bond acceptors (Lipinski definition) is 4. The van der Waals surface area contributed by atoms with Crippen molar-refractivity contribution < 1.29 is 0 Å². The zero-order chi connectivity index (χ0) is 11.1. The fourth-order valence-corrected chi connectivity index (χ4v) is 3.22. The van der Waals surface area contributed by atoms with Gasteiger partial charge >= 0.3 is 0 Å². The number of anilines is 2. The van der Waals surface area contributed by atoms with E-state index in [9.17, 15) is 0 Å². The van der Waals surface area contributed by atoms with E-state index in [0.29, 0.717) is 22.7 Å². The molecule has 3 N–H and O–H groups in total. The Balaban J connectivity index is 1.77. The van der Waals surface area contributed by atoms with Gasteiger partial charge in [0.2, 0.25) is 0 Å². The summed E-state index contributed by atoms with van der Waals surface area (Å²) in [7, 11) is 0. The largest absolute Gasteiger partial charge is 0.393 e. The Morgan fingerprint density at radius 3 is 2.88 bits per heavy atom. The summed E-state index contributed by atoms with van der Waals surface area (Å²) < 4.78 is 0. The molecule has 1 heterocycles. The highest BCUT2D eigenvalue weighted by Gasteiger charge is 2.39. The van der Waals surface area contributed by atoms with Gasteiger partial charge in [-0.15, -0.1) is 0 Å². The summed E-state index contributed by atoms with van der Waals surface area (Å²) in [6.45, 7) is 0. The van der Waals surface area contributed by atoms with Crippen molar-refractivity contribution in [2.45, 2.75) is 31.7 Å². The van der Waals surface area contributed by atoms with Crippen LogP contribution < -0.4 is 11.1 Å². The lowest BCUT2D eigenvalue weighted by atomic mass is 9.95. The average molecular weight is 239 g/mol. The van der Waals surface area contributed by atoms with Gasteiger partial charge in [-0.3, -0.25) is 0 Å². The van der Waals surface area contributed by atoms with E-state index in [1.807, 2.05) is 0 Å². The molecule has 0 amide bonds. The van der Waals surface area contributed by atoms with Crippen molar-refractivity contribution >= 4 is 23.1 Å². The van der Waals surface area contributed by atoms with Crippen LogP contribution in [-0.2, 0) is 0 Å². The van der Waals surface area contributed by atoms with Gasteiger partial charge < -0.3 is 11.1 Å². The molecule has 2 aliphatic rings. The minimum Gasteiger partial charge on any atom is -0.393 e. The molecule has 3 unspecified atom stereocenters. The number of nitrogens with one attached hydrogen (secondary N) is 1. The van der Waals surface area contributed by atoms with Crippen LogP contribution in [0.1, 0.15) is 25.7 Å². The highest BCUT2D eigenvalue weighted by atomic mass is 35.5. The molecule has 86 valence electrons. The summed E-state index contributed by atoms with van der Waals surface area (Å²) in [5.41, 5.74) is 6.30. The standard InChI is InChI=1S/C11H15ClN4/c12-10-9(13)11(15-5-14-10)16-8-4-6-1-2-7(8)3-6/h5-8H,1-4,13H2,(H,14,15,16). The zero-order valence-corrected chi connectivity index (χ0v) is 9.74. The Labute approximate surface area is 99.6 Å². The van der Waals surface area contributed by atoms with Crippen LogP contribution in [0.3, 0.4) is 0 Å². The monoisotopic (exact) mass is 238 g/mol. The molecular weight excluding hydrogens is 224 g/mol. The summed E-state index contributed by atoms with van der Waals surface area (Å²) >= 11 is 5.86. The number of nitrogen functional groups attached to an aromatic ring is 1. The van der Waals surface area contributed by atoms with Crippen LogP contribution in [0, 0.1) is 11.8 Å². The molecule has 16 heavy (non-hydrogen) atoms. The van der Waals surface area contributed by atoms with Gasteiger partial charge in [-0.2, -0.15) is 0 Å². The highest BCUT2D eigenvalue weighted by Crippen LogP contribution is 2.45. The van der Waals surface area contributed by atoms with Gasteiger partial charge in [0, 0.05) is 6.04 Å². The lowest BCUT2D eigenvalue weighted by molar-refractivity contribution is 0.439. The Bertz CT molecular complexity index is 409. The molecule has 0 aromatic carbocycles. The molecule has 0 aliphatic heterocycles. The van der Waals surface area contributed by atoms with E-state index in [1.54, 1.807) is 0 Å². The van der Waals surface area contributed by atoms with Gasteiger partial charge in [0.05, 0.1) is 0 Å². The van der Waals surface area contributed by atoms with Crippen molar-refractivity contribution in [2.75, 3.05) is 11.1 Å². The topological polar surface area (TPSA) is 63.8 Å². The summed E-state index contributed by atoms with van der Waals surface area (Å²) in [6.07, 6.45) is 6.78. The quantitative estimate of drug-likeness (QED) is 0.777. The van der Waals surface area contributed by atoms with Gasteiger partial charge in [0.1, 0.15) is 12.0 Å². The molecule has 0 spiro atoms. The first-order chi connectivity index (χ1) is 7.74. The maximum atomic E-state index is 5.86. The molecule has 3 atom stereocenters. The van der Waals surface area contributed by atoms with Crippen molar-refractivity contribution in [1.82, 2.24) is 9.97 Å². The van der Waals surface area contributed by atoms with Crippen molar-refractivity contribution in [3.63, 3.8) is 0 Å². The second-order valence-electron chi connectivity index (χ2n) is 4.85. The number of halogens is 1. The van der Waals surface area contributed by atoms with E-state index in [2.05, 4.69) is 15.3 Å². The Kier molecular flexibility index (Phi) is 2.39. The molecule has 2 bridgehead atoms. The molecule has 5 heteroatoms. The molecule has 2 fully saturated rings. The van der Waals surface area contributed by atoms with Crippen LogP contribution in [0.4, 0.5) is 11.5 Å². The lowest BCUT2D eigenvalue weighted by Gasteiger charge is -2.23. The average Bonchev–Trinajstić information content (AvgIpc) is 2.86. The third kappa shape index (κ3) is 1.61. The van der Waals surface area contributed by atoms with Gasteiger partial charge in [-0.1, -0.05) is 18.0 Å². The third-order valence-corrected chi connectivity index (χ3v) is 4.20. The van der Waals surface area contributed by atoms with E-state index in [4.69, 9.17) is 17.3 Å². The van der Waals surface area contributed by atoms with Gasteiger partial charge in [0.15, 0.2) is 11.0 Å². The van der Waals surface area contributed by atoms with Gasteiger partial charge in [-0.25, -0.2) is 9.97 Å². The van der Waals surface area contributed by atoms with Crippen LogP contribution >= 0.6 is 11.6 Å². The number of nitrogens with zero attached hydrogens (tertiary/aromatic N) is 2. The number of aromatic nitrogens is 2. The van der Waals surface area contributed by atoms with Gasteiger partial charge in [0.25, 0.3) is 0 Å². The van der Waals surface area contributed by atoms with E-state index in [-0.39, 0.29) is 0 Å². The Morgan fingerprint density at radius 1 is 1.31 bits per heavy atom. The van der Waals surface area contributed by atoms with E-state index in [1.165, 1.54) is 32.0 Å². The zero-order valence-electron chi connectivity index (χ0n) is 8.99. The highest BCUT2D eigenvalue weighted by molar-refractivity contribution is 6.32. The number of nitrogens with two attached hydrogens (primary N) is 1. The second kappa shape index (κ2) is 3.77. The molecular formula is C11H15ClN4. The first kappa shape index (κ1) is 10.1. The van der Waals surface area contributed by atoms with Gasteiger partial charge in [-0.05, 0) is 31.1 Å². The normalized spacial score (nSPS) is 31.9. The summed E-state index contributed by atoms with van der Waals surface area (Å²) in [5.74, 6) is 2.39. The van der Waals surface area contributed by atoms with Crippen molar-refractivity contribution in [1.29, 1.82) is 0 Å². The van der Waals surface area contributed by atoms with Crippen molar-refractivity contribution in [2.24, 2.45) is 11.8 Å². The summed E-state index contributed by atoms with van der Waals surface area (Å²) in [4.78, 5) is 8.01. The molecule has 1 aromatic rings. The summed E-state index contributed by atoms with van der Waals surface area (Å²) in [5, 5.41) is 3.75. The fourth-order valence-electron chi connectivity index (χ4n) is 3.09. The second-order valence-corrected chi connectivity index (χ2v) is 5.21. The molecule has 4 nitrogen and oxygen atoms in total. The van der Waals surface area contributed by atoms with Crippen LogP contribution in [0.25, 0.3) is 0 Å². The molecule has 1 aromatic heterocycles. The molecule has 0 radical (unpaired) electrons. The minimum absolute atomic E-state index is 0.334.